The number of aliphatic hydroxyl groups excluding tert-OH is 1. The number of benzene rings is 1. The molecule has 17 heavy (non-hydrogen) atoms. The third-order valence-electron chi connectivity index (χ3n) is 2.37. The van der Waals surface area contributed by atoms with Gasteiger partial charge in [-0.05, 0) is 24.1 Å². The first-order chi connectivity index (χ1) is 7.91. The van der Waals surface area contributed by atoms with Gasteiger partial charge in [-0.3, -0.25) is 0 Å². The largest absolute Gasteiger partial charge is 0.459 e. The molecule has 4 nitrogen and oxygen atoms in total. The average molecular weight is 258 g/mol. The second kappa shape index (κ2) is 5.89. The van der Waals surface area contributed by atoms with Crippen LogP contribution in [0.15, 0.2) is 18.2 Å². The van der Waals surface area contributed by atoms with Crippen LogP contribution in [0.1, 0.15) is 24.2 Å². The Morgan fingerprint density at radius 1 is 1.53 bits per heavy atom. The molecule has 0 bridgehead atoms. The summed E-state index contributed by atoms with van der Waals surface area (Å²) < 4.78 is 4.96. The second-order valence-corrected chi connectivity index (χ2v) is 4.56. The molecule has 1 rings (SSSR count). The van der Waals surface area contributed by atoms with Gasteiger partial charge in [0.25, 0.3) is 0 Å². The van der Waals surface area contributed by atoms with Crippen LogP contribution in [0, 0.1) is 5.92 Å². The summed E-state index contributed by atoms with van der Waals surface area (Å²) >= 11 is 5.86. The Morgan fingerprint density at radius 2 is 2.18 bits per heavy atom. The molecule has 0 saturated carbocycles. The normalized spacial score (nSPS) is 12.5. The molecule has 94 valence electrons. The Hall–Kier alpha value is -1.26. The van der Waals surface area contributed by atoms with Crippen molar-refractivity contribution in [3.05, 3.63) is 28.8 Å². The number of nitrogens with two attached hydrogens (primary N) is 1. The van der Waals surface area contributed by atoms with Crippen molar-refractivity contribution in [2.75, 3.05) is 12.3 Å². The number of ether oxygens (including phenoxy) is 1. The van der Waals surface area contributed by atoms with Crippen molar-refractivity contribution < 1.29 is 14.6 Å². The number of nitrogen functional groups attached to an aromatic ring is 1. The van der Waals surface area contributed by atoms with Crippen molar-refractivity contribution in [1.82, 2.24) is 0 Å². The fraction of sp³-hybridized carbons (Fsp3) is 0.417. The van der Waals surface area contributed by atoms with Gasteiger partial charge in [-0.2, -0.15) is 0 Å². The number of hydrogen-bond acceptors (Lipinski definition) is 4. The minimum absolute atomic E-state index is 0.0321. The number of esters is 1. The van der Waals surface area contributed by atoms with Gasteiger partial charge in [-0.15, -0.1) is 0 Å². The maximum Gasteiger partial charge on any atom is 0.339 e. The highest BCUT2D eigenvalue weighted by Crippen LogP contribution is 2.20. The van der Waals surface area contributed by atoms with E-state index in [4.69, 9.17) is 22.1 Å². The van der Waals surface area contributed by atoms with E-state index in [1.165, 1.54) is 12.1 Å². The first kappa shape index (κ1) is 13.8. The number of rotatable bonds is 4. The van der Waals surface area contributed by atoms with Gasteiger partial charge in [0.2, 0.25) is 0 Å². The van der Waals surface area contributed by atoms with E-state index < -0.39 is 12.1 Å². The Morgan fingerprint density at radius 3 is 2.71 bits per heavy atom. The zero-order valence-corrected chi connectivity index (χ0v) is 10.6. The van der Waals surface area contributed by atoms with Crippen LogP contribution in [0.5, 0.6) is 0 Å². The summed E-state index contributed by atoms with van der Waals surface area (Å²) in [5.74, 6) is -0.528. The standard InChI is InChI=1S/C12H16ClNO3/c1-7(2)11(15)6-17-12(16)9-4-3-8(14)5-10(9)13/h3-5,7,11,15H,6,14H2,1-2H3. The van der Waals surface area contributed by atoms with E-state index in [1.54, 1.807) is 6.07 Å². The Bertz CT molecular complexity index is 407. The van der Waals surface area contributed by atoms with Gasteiger partial charge in [0.05, 0.1) is 16.7 Å². The van der Waals surface area contributed by atoms with E-state index >= 15 is 0 Å². The molecule has 1 aromatic carbocycles. The summed E-state index contributed by atoms with van der Waals surface area (Å²) in [6.07, 6.45) is -0.675. The van der Waals surface area contributed by atoms with Crippen LogP contribution >= 0.6 is 11.6 Å². The molecule has 0 heterocycles. The smallest absolute Gasteiger partial charge is 0.339 e. The van der Waals surface area contributed by atoms with Crippen molar-refractivity contribution in [1.29, 1.82) is 0 Å². The minimum Gasteiger partial charge on any atom is -0.459 e. The molecule has 1 aromatic rings. The van der Waals surface area contributed by atoms with E-state index in [0.717, 1.165) is 0 Å². The molecule has 0 fully saturated rings. The summed E-state index contributed by atoms with van der Waals surface area (Å²) in [4.78, 5) is 11.6. The lowest BCUT2D eigenvalue weighted by Crippen LogP contribution is -2.23. The average Bonchev–Trinajstić information content (AvgIpc) is 2.25. The predicted octanol–water partition coefficient (Wildman–Crippen LogP) is 2.10. The lowest BCUT2D eigenvalue weighted by molar-refractivity contribution is 0.0137. The highest BCUT2D eigenvalue weighted by Gasteiger charge is 2.15. The van der Waals surface area contributed by atoms with Crippen molar-refractivity contribution in [3.8, 4) is 0 Å². The van der Waals surface area contributed by atoms with E-state index in [9.17, 15) is 9.90 Å². The van der Waals surface area contributed by atoms with Gasteiger partial charge in [0.1, 0.15) is 6.61 Å². The summed E-state index contributed by atoms with van der Waals surface area (Å²) in [7, 11) is 0. The molecule has 0 aliphatic rings. The third-order valence-corrected chi connectivity index (χ3v) is 2.68. The highest BCUT2D eigenvalue weighted by atomic mass is 35.5. The SMILES string of the molecule is CC(C)C(O)COC(=O)c1ccc(N)cc1Cl. The van der Waals surface area contributed by atoms with Crippen LogP contribution in [-0.2, 0) is 4.74 Å². The number of halogens is 1. The van der Waals surface area contributed by atoms with Crippen molar-refractivity contribution >= 4 is 23.3 Å². The lowest BCUT2D eigenvalue weighted by atomic mass is 10.1. The molecular formula is C12H16ClNO3. The van der Waals surface area contributed by atoms with E-state index in [-0.39, 0.29) is 23.1 Å². The number of carbonyl (C=O) groups is 1. The summed E-state index contributed by atoms with van der Waals surface area (Å²) in [5, 5.41) is 9.75. The maximum absolute atomic E-state index is 11.6. The summed E-state index contributed by atoms with van der Waals surface area (Å²) in [5.41, 5.74) is 6.24. The van der Waals surface area contributed by atoms with Gasteiger partial charge >= 0.3 is 5.97 Å². The molecule has 0 aliphatic carbocycles. The fourth-order valence-corrected chi connectivity index (χ4v) is 1.39. The molecule has 0 spiro atoms. The first-order valence-corrected chi connectivity index (χ1v) is 5.70. The first-order valence-electron chi connectivity index (χ1n) is 5.32. The Kier molecular flexibility index (Phi) is 4.78. The fourth-order valence-electron chi connectivity index (χ4n) is 1.13. The number of carbonyl (C=O) groups excluding carboxylic acids is 1. The molecule has 1 atom stereocenters. The molecule has 5 heteroatoms. The van der Waals surface area contributed by atoms with Crippen LogP contribution in [0.25, 0.3) is 0 Å². The van der Waals surface area contributed by atoms with Crippen LogP contribution in [0.3, 0.4) is 0 Å². The van der Waals surface area contributed by atoms with Crippen LogP contribution in [0.4, 0.5) is 5.69 Å². The molecule has 0 aliphatic heterocycles. The van der Waals surface area contributed by atoms with E-state index in [2.05, 4.69) is 0 Å². The second-order valence-electron chi connectivity index (χ2n) is 4.15. The molecule has 0 radical (unpaired) electrons. The Balaban J connectivity index is 2.64. The lowest BCUT2D eigenvalue weighted by Gasteiger charge is -2.14. The monoisotopic (exact) mass is 257 g/mol. The number of aliphatic hydroxyl groups is 1. The number of hydrogen-bond donors (Lipinski definition) is 2. The zero-order valence-electron chi connectivity index (χ0n) is 9.81. The molecule has 3 N–H and O–H groups in total. The molecule has 0 amide bonds. The summed E-state index contributed by atoms with van der Waals surface area (Å²) in [6.45, 7) is 3.64. The van der Waals surface area contributed by atoms with Gasteiger partial charge in [-0.1, -0.05) is 25.4 Å². The van der Waals surface area contributed by atoms with Gasteiger partial charge in [-0.25, -0.2) is 4.79 Å². The quantitative estimate of drug-likeness (QED) is 0.640. The van der Waals surface area contributed by atoms with Gasteiger partial charge < -0.3 is 15.6 Å². The Labute approximate surface area is 105 Å². The number of anilines is 1. The van der Waals surface area contributed by atoms with Crippen LogP contribution in [0.2, 0.25) is 5.02 Å². The van der Waals surface area contributed by atoms with Crippen LogP contribution in [-0.4, -0.2) is 23.8 Å². The van der Waals surface area contributed by atoms with Crippen molar-refractivity contribution in [3.63, 3.8) is 0 Å². The van der Waals surface area contributed by atoms with E-state index in [0.29, 0.717) is 5.69 Å². The van der Waals surface area contributed by atoms with Crippen molar-refractivity contribution in [2.24, 2.45) is 5.92 Å². The zero-order chi connectivity index (χ0) is 13.0. The molecule has 0 aromatic heterocycles. The molecule has 0 saturated heterocycles. The molecular weight excluding hydrogens is 242 g/mol. The van der Waals surface area contributed by atoms with Crippen LogP contribution < -0.4 is 5.73 Å². The topological polar surface area (TPSA) is 72.5 Å². The summed E-state index contributed by atoms with van der Waals surface area (Å²) in [6, 6.07) is 4.56. The van der Waals surface area contributed by atoms with E-state index in [1.807, 2.05) is 13.8 Å². The maximum atomic E-state index is 11.6. The van der Waals surface area contributed by atoms with Crippen molar-refractivity contribution in [2.45, 2.75) is 20.0 Å². The predicted molar refractivity (Wildman–Crippen MR) is 67.0 cm³/mol. The van der Waals surface area contributed by atoms with Gasteiger partial charge in [0.15, 0.2) is 0 Å². The third kappa shape index (κ3) is 3.91. The van der Waals surface area contributed by atoms with Gasteiger partial charge in [0, 0.05) is 5.69 Å². The molecule has 1 unspecified atom stereocenters. The minimum atomic E-state index is -0.675. The highest BCUT2D eigenvalue weighted by molar-refractivity contribution is 6.33.